The number of nitrogens with one attached hydrogen (secondary N) is 1. The van der Waals surface area contributed by atoms with Crippen LogP contribution in [0.2, 0.25) is 0 Å². The first-order chi connectivity index (χ1) is 17.1. The number of furan rings is 1. The topological polar surface area (TPSA) is 79.2 Å². The molecular formula is C28H26BrN3O3. The van der Waals surface area contributed by atoms with E-state index in [4.69, 9.17) is 4.42 Å². The molecule has 5 rings (SSSR count). The number of anilines is 1. The second kappa shape index (κ2) is 10.4. The molecule has 4 aromatic rings. The van der Waals surface area contributed by atoms with Crippen molar-refractivity contribution in [2.45, 2.75) is 38.5 Å². The summed E-state index contributed by atoms with van der Waals surface area (Å²) >= 11 is 3.51. The Morgan fingerprint density at radius 1 is 1.00 bits per heavy atom. The minimum Gasteiger partial charge on any atom is -0.448 e. The van der Waals surface area contributed by atoms with Crippen molar-refractivity contribution in [3.8, 4) is 0 Å². The summed E-state index contributed by atoms with van der Waals surface area (Å²) in [6, 6.07) is 19.3. The van der Waals surface area contributed by atoms with Gasteiger partial charge in [-0.3, -0.25) is 14.5 Å². The number of fused-ring (bicyclic) bond motifs is 1. The fraction of sp³-hybridized carbons (Fsp3) is 0.250. The summed E-state index contributed by atoms with van der Waals surface area (Å²) in [4.78, 5) is 27.5. The molecule has 0 unspecified atom stereocenters. The van der Waals surface area contributed by atoms with Crippen molar-refractivity contribution in [3.05, 3.63) is 115 Å². The normalized spacial score (nSPS) is 12.8. The van der Waals surface area contributed by atoms with Crippen LogP contribution in [0.5, 0.6) is 0 Å². The Labute approximate surface area is 212 Å². The van der Waals surface area contributed by atoms with Crippen LogP contribution in [0.4, 0.5) is 5.88 Å². The summed E-state index contributed by atoms with van der Waals surface area (Å²) in [6.45, 7) is 0.488. The number of nitrogens with zero attached hydrogens (tertiary/aromatic N) is 2. The van der Waals surface area contributed by atoms with Gasteiger partial charge in [0.2, 0.25) is 5.88 Å². The van der Waals surface area contributed by atoms with E-state index in [1.54, 1.807) is 23.3 Å². The highest BCUT2D eigenvalue weighted by atomic mass is 79.9. The van der Waals surface area contributed by atoms with Crippen LogP contribution in [0.3, 0.4) is 0 Å². The Kier molecular flexibility index (Phi) is 6.95. The monoisotopic (exact) mass is 531 g/mol. The molecule has 0 atom stereocenters. The summed E-state index contributed by atoms with van der Waals surface area (Å²) in [5.41, 5.74) is 5.45. The summed E-state index contributed by atoms with van der Waals surface area (Å²) in [7, 11) is 0. The fourth-order valence-corrected chi connectivity index (χ4v) is 5.15. The molecule has 1 N–H and O–H groups in total. The van der Waals surface area contributed by atoms with Gasteiger partial charge in [0.15, 0.2) is 0 Å². The van der Waals surface area contributed by atoms with Gasteiger partial charge in [-0.05, 0) is 79.1 Å². The van der Waals surface area contributed by atoms with Crippen molar-refractivity contribution in [1.82, 2.24) is 10.2 Å². The first-order valence-corrected chi connectivity index (χ1v) is 12.7. The molecule has 2 aromatic heterocycles. The van der Waals surface area contributed by atoms with Gasteiger partial charge in [-0.1, -0.05) is 40.2 Å². The summed E-state index contributed by atoms with van der Waals surface area (Å²) in [5, 5.41) is 7.02. The van der Waals surface area contributed by atoms with Crippen molar-refractivity contribution in [3.63, 3.8) is 0 Å². The molecule has 35 heavy (non-hydrogen) atoms. The van der Waals surface area contributed by atoms with E-state index >= 15 is 0 Å². The van der Waals surface area contributed by atoms with E-state index < -0.39 is 0 Å². The zero-order valence-electron chi connectivity index (χ0n) is 19.3. The molecule has 1 aliphatic carbocycles. The minimum absolute atomic E-state index is 0.0769. The molecule has 178 valence electrons. The van der Waals surface area contributed by atoms with E-state index in [0.29, 0.717) is 30.8 Å². The van der Waals surface area contributed by atoms with E-state index in [1.807, 2.05) is 42.5 Å². The van der Waals surface area contributed by atoms with Gasteiger partial charge < -0.3 is 4.42 Å². The van der Waals surface area contributed by atoms with Gasteiger partial charge >= 0.3 is 0 Å². The molecule has 6 nitrogen and oxygen atoms in total. The second-order valence-corrected chi connectivity index (χ2v) is 9.74. The average Bonchev–Trinajstić information content (AvgIpc) is 3.41. The van der Waals surface area contributed by atoms with E-state index in [1.165, 1.54) is 0 Å². The van der Waals surface area contributed by atoms with Gasteiger partial charge in [0.25, 0.3) is 11.5 Å². The van der Waals surface area contributed by atoms with E-state index in [0.717, 1.165) is 58.1 Å². The predicted octanol–water partition coefficient (Wildman–Crippen LogP) is 5.48. The fourth-order valence-electron chi connectivity index (χ4n) is 4.71. The number of aromatic amines is 1. The average molecular weight is 532 g/mol. The number of H-pyrrole nitrogens is 1. The zero-order valence-corrected chi connectivity index (χ0v) is 20.9. The number of rotatable bonds is 7. The Balaban J connectivity index is 1.39. The lowest BCUT2D eigenvalue weighted by molar-refractivity contribution is 0.0983. The Morgan fingerprint density at radius 3 is 2.60 bits per heavy atom. The highest BCUT2D eigenvalue weighted by molar-refractivity contribution is 9.10. The number of carbonyl (C=O) groups is 1. The molecule has 0 bridgehead atoms. The molecule has 0 radical (unpaired) electrons. The quantitative estimate of drug-likeness (QED) is 0.342. The van der Waals surface area contributed by atoms with Crippen molar-refractivity contribution in [2.75, 3.05) is 11.4 Å². The third kappa shape index (κ3) is 5.30. The van der Waals surface area contributed by atoms with Gasteiger partial charge in [0, 0.05) is 34.6 Å². The molecule has 7 heteroatoms. The Hall–Kier alpha value is -3.45. The SMILES string of the molecule is O=C(c1cccc(Cc2n[nH]c(=O)c3c2CCCC3)c1)N(CCc1cccc(Br)c1)c1ccco1. The van der Waals surface area contributed by atoms with E-state index in [9.17, 15) is 9.59 Å². The number of benzene rings is 2. The first-order valence-electron chi connectivity index (χ1n) is 11.9. The van der Waals surface area contributed by atoms with Crippen LogP contribution in [0.25, 0.3) is 0 Å². The van der Waals surface area contributed by atoms with Crippen LogP contribution in [-0.2, 0) is 25.7 Å². The second-order valence-electron chi connectivity index (χ2n) is 8.83. The first kappa shape index (κ1) is 23.3. The molecule has 0 saturated heterocycles. The smallest absolute Gasteiger partial charge is 0.267 e. The van der Waals surface area contributed by atoms with Crippen LogP contribution < -0.4 is 10.5 Å². The van der Waals surface area contributed by atoms with Gasteiger partial charge in [-0.15, -0.1) is 0 Å². The van der Waals surface area contributed by atoms with Gasteiger partial charge in [-0.25, -0.2) is 5.10 Å². The molecular weight excluding hydrogens is 506 g/mol. The van der Waals surface area contributed by atoms with Gasteiger partial charge in [-0.2, -0.15) is 5.10 Å². The third-order valence-corrected chi connectivity index (χ3v) is 6.95. The van der Waals surface area contributed by atoms with Crippen LogP contribution in [-0.4, -0.2) is 22.6 Å². The molecule has 1 amide bonds. The lowest BCUT2D eigenvalue weighted by Crippen LogP contribution is -2.32. The van der Waals surface area contributed by atoms with E-state index in [2.05, 4.69) is 32.2 Å². The van der Waals surface area contributed by atoms with Gasteiger partial charge in [0.05, 0.1) is 12.0 Å². The lowest BCUT2D eigenvalue weighted by Gasteiger charge is -2.21. The number of halogens is 1. The van der Waals surface area contributed by atoms with E-state index in [-0.39, 0.29) is 11.5 Å². The van der Waals surface area contributed by atoms with Crippen molar-refractivity contribution >= 4 is 27.7 Å². The highest BCUT2D eigenvalue weighted by Gasteiger charge is 2.21. The molecule has 1 aliphatic rings. The number of aromatic nitrogens is 2. The van der Waals surface area contributed by atoms with Crippen molar-refractivity contribution in [2.24, 2.45) is 0 Å². The number of carbonyl (C=O) groups excluding carboxylic acids is 1. The summed E-state index contributed by atoms with van der Waals surface area (Å²) in [6.07, 6.45) is 6.62. The molecule has 0 fully saturated rings. The number of hydrogen-bond donors (Lipinski definition) is 1. The largest absolute Gasteiger partial charge is 0.448 e. The predicted molar refractivity (Wildman–Crippen MR) is 139 cm³/mol. The summed E-state index contributed by atoms with van der Waals surface area (Å²) < 4.78 is 6.61. The zero-order chi connectivity index (χ0) is 24.2. The van der Waals surface area contributed by atoms with Crippen molar-refractivity contribution < 1.29 is 9.21 Å². The maximum absolute atomic E-state index is 13.6. The standard InChI is InChI=1S/C28H26BrN3O3/c29-22-9-4-6-19(17-22)13-14-32(26-12-5-15-35-26)28(34)21-8-3-7-20(16-21)18-25-23-10-1-2-11-24(23)27(33)31-30-25/h3-9,12,15-17H,1-2,10-11,13-14,18H2,(H,31,33). The highest BCUT2D eigenvalue weighted by Crippen LogP contribution is 2.24. The molecule has 0 saturated carbocycles. The Morgan fingerprint density at radius 2 is 1.80 bits per heavy atom. The van der Waals surface area contributed by atoms with Gasteiger partial charge in [0.1, 0.15) is 0 Å². The number of hydrogen-bond acceptors (Lipinski definition) is 4. The maximum Gasteiger partial charge on any atom is 0.267 e. The van der Waals surface area contributed by atoms with Crippen LogP contribution in [0.15, 0.2) is 80.6 Å². The maximum atomic E-state index is 13.6. The summed E-state index contributed by atoms with van der Waals surface area (Å²) in [5.74, 6) is 0.403. The molecule has 0 aliphatic heterocycles. The third-order valence-electron chi connectivity index (χ3n) is 6.46. The van der Waals surface area contributed by atoms with Crippen LogP contribution in [0, 0.1) is 0 Å². The van der Waals surface area contributed by atoms with Crippen molar-refractivity contribution in [1.29, 1.82) is 0 Å². The lowest BCUT2D eigenvalue weighted by atomic mass is 9.90. The molecule has 0 spiro atoms. The molecule has 2 heterocycles. The molecule has 2 aromatic carbocycles. The van der Waals surface area contributed by atoms with Crippen LogP contribution in [0.1, 0.15) is 51.1 Å². The number of amides is 1. The van der Waals surface area contributed by atoms with Crippen LogP contribution >= 0.6 is 15.9 Å². The Bertz CT molecular complexity index is 1390. The minimum atomic E-state index is -0.117.